The Bertz CT molecular complexity index is 564. The van der Waals surface area contributed by atoms with Crippen molar-refractivity contribution in [1.82, 2.24) is 0 Å². The molecule has 0 radical (unpaired) electrons. The molecule has 1 atom stereocenters. The maximum atomic E-state index is 12.5. The summed E-state index contributed by atoms with van der Waals surface area (Å²) in [6.45, 7) is 7.19. The summed E-state index contributed by atoms with van der Waals surface area (Å²) in [5.41, 5.74) is 0.273. The molecule has 1 aliphatic heterocycles. The molecule has 0 aromatic heterocycles. The number of Topliss-reactive ketones (excluding diaryl/α,β-unsaturated/α-hetero) is 1. The lowest BCUT2D eigenvalue weighted by Gasteiger charge is -2.36. The first-order chi connectivity index (χ1) is 11.7. The number of ether oxygens (including phenoxy) is 3. The van der Waals surface area contributed by atoms with Crippen LogP contribution in [0.25, 0.3) is 0 Å². The van der Waals surface area contributed by atoms with Crippen LogP contribution in [0.3, 0.4) is 0 Å². The average Bonchev–Trinajstić information content (AvgIpc) is 2.52. The highest BCUT2D eigenvalue weighted by atomic mass is 127. The zero-order valence-corrected chi connectivity index (χ0v) is 18.0. The smallest absolute Gasteiger partial charge is 0.189 e. The van der Waals surface area contributed by atoms with Gasteiger partial charge >= 0.3 is 0 Å². The first kappa shape index (κ1) is 21.0. The van der Waals surface area contributed by atoms with E-state index < -0.39 is 19.1 Å². The Morgan fingerprint density at radius 1 is 1.28 bits per heavy atom. The molecule has 1 N–H and O–H groups in total. The molecule has 2 rings (SSSR count). The van der Waals surface area contributed by atoms with E-state index in [-0.39, 0.29) is 12.4 Å². The molecule has 5 nitrogen and oxygen atoms in total. The molecule has 0 saturated carbocycles. The van der Waals surface area contributed by atoms with Crippen molar-refractivity contribution in [2.24, 2.45) is 0 Å². The van der Waals surface area contributed by atoms with Gasteiger partial charge in [0.2, 0.25) is 0 Å². The number of halogens is 1. The first-order valence-corrected chi connectivity index (χ1v) is 13.0. The molecule has 0 spiro atoms. The summed E-state index contributed by atoms with van der Waals surface area (Å²) in [4.78, 5) is 12.5. The van der Waals surface area contributed by atoms with Gasteiger partial charge in [0.1, 0.15) is 12.4 Å². The summed E-state index contributed by atoms with van der Waals surface area (Å²) in [5, 5.41) is 9.79. The van der Waals surface area contributed by atoms with E-state index in [0.717, 1.165) is 24.7 Å². The Hall–Kier alpha value is -0.350. The van der Waals surface area contributed by atoms with Crippen LogP contribution in [-0.4, -0.2) is 59.9 Å². The van der Waals surface area contributed by atoms with Crippen molar-refractivity contribution in [3.8, 4) is 5.75 Å². The maximum Gasteiger partial charge on any atom is 0.189 e. The molecule has 1 aliphatic rings. The van der Waals surface area contributed by atoms with Crippen molar-refractivity contribution < 1.29 is 24.1 Å². The number of rotatable bonds is 7. The monoisotopic (exact) mass is 482 g/mol. The highest BCUT2D eigenvalue weighted by molar-refractivity contribution is 14.2. The fourth-order valence-corrected chi connectivity index (χ4v) is 6.32. The highest BCUT2D eigenvalue weighted by Crippen LogP contribution is 2.57. The lowest BCUT2D eigenvalue weighted by molar-refractivity contribution is -0.178. The quantitative estimate of drug-likeness (QED) is 0.366. The molecular formula is C18H27IO5S. The standard InChI is InChI=1S/C18H27IO5S/c1-18(2,3)24-17(21)12-23-15-6-4-14(5-7-15)16(20)13-25(19)10-8-22-9-11-25/h4-7,17,21H,8-13H2,1-3H3. The van der Waals surface area contributed by atoms with Gasteiger partial charge in [-0.05, 0) is 66.2 Å². The molecule has 1 fully saturated rings. The van der Waals surface area contributed by atoms with E-state index in [1.54, 1.807) is 24.3 Å². The van der Waals surface area contributed by atoms with Gasteiger partial charge in [0.25, 0.3) is 0 Å². The molecule has 1 heterocycles. The van der Waals surface area contributed by atoms with E-state index in [1.165, 1.54) is 0 Å². The summed E-state index contributed by atoms with van der Waals surface area (Å²) < 4.78 is 16.3. The Morgan fingerprint density at radius 3 is 2.44 bits per heavy atom. The van der Waals surface area contributed by atoms with Crippen LogP contribution < -0.4 is 4.74 Å². The minimum atomic E-state index is -0.989. The topological polar surface area (TPSA) is 65.0 Å². The Kier molecular flexibility index (Phi) is 7.57. The summed E-state index contributed by atoms with van der Waals surface area (Å²) in [5.74, 6) is 3.37. The van der Waals surface area contributed by atoms with Crippen LogP contribution in [0.15, 0.2) is 24.3 Å². The van der Waals surface area contributed by atoms with Gasteiger partial charge in [0, 0.05) is 22.8 Å². The van der Waals surface area contributed by atoms with Crippen LogP contribution in [0, 0.1) is 0 Å². The highest BCUT2D eigenvalue weighted by Gasteiger charge is 2.27. The van der Waals surface area contributed by atoms with Gasteiger partial charge in [-0.3, -0.25) is 4.79 Å². The number of hydrogen-bond donors (Lipinski definition) is 1. The van der Waals surface area contributed by atoms with Crippen LogP contribution in [-0.2, 0) is 9.47 Å². The number of ketones is 1. The predicted molar refractivity (Wildman–Crippen MR) is 110 cm³/mol. The van der Waals surface area contributed by atoms with Gasteiger partial charge in [0.15, 0.2) is 12.1 Å². The van der Waals surface area contributed by atoms with Gasteiger partial charge in [-0.15, -0.1) is 0 Å². The third-order valence-corrected chi connectivity index (χ3v) is 9.79. The Morgan fingerprint density at radius 2 is 1.88 bits per heavy atom. The first-order valence-electron chi connectivity index (χ1n) is 8.33. The predicted octanol–water partition coefficient (Wildman–Crippen LogP) is 3.57. The summed E-state index contributed by atoms with van der Waals surface area (Å²) in [7, 11) is -0.922. The van der Waals surface area contributed by atoms with E-state index in [1.807, 2.05) is 20.8 Å². The van der Waals surface area contributed by atoms with Crippen LogP contribution in [0.4, 0.5) is 0 Å². The van der Waals surface area contributed by atoms with E-state index in [0.29, 0.717) is 17.1 Å². The van der Waals surface area contributed by atoms with Crippen molar-refractivity contribution in [2.75, 3.05) is 37.1 Å². The number of carbonyl (C=O) groups is 1. The van der Waals surface area contributed by atoms with Crippen molar-refractivity contribution in [1.29, 1.82) is 0 Å². The van der Waals surface area contributed by atoms with Gasteiger partial charge in [-0.2, -0.15) is 7.20 Å². The second-order valence-corrected chi connectivity index (χ2v) is 15.6. The second-order valence-electron chi connectivity index (χ2n) is 7.05. The normalized spacial score (nSPS) is 19.9. The Balaban J connectivity index is 1.85. The molecule has 0 aliphatic carbocycles. The fourth-order valence-electron chi connectivity index (χ4n) is 2.43. The molecule has 1 unspecified atom stereocenters. The number of aliphatic hydroxyl groups excluding tert-OH is 1. The third kappa shape index (κ3) is 7.42. The minimum Gasteiger partial charge on any atom is -0.488 e. The van der Waals surface area contributed by atoms with Crippen LogP contribution in [0.2, 0.25) is 0 Å². The molecule has 1 saturated heterocycles. The van der Waals surface area contributed by atoms with Crippen molar-refractivity contribution in [3.63, 3.8) is 0 Å². The number of benzene rings is 1. The van der Waals surface area contributed by atoms with E-state index in [4.69, 9.17) is 14.2 Å². The molecule has 1 aromatic rings. The molecule has 1 aromatic carbocycles. The van der Waals surface area contributed by atoms with Crippen LogP contribution in [0.1, 0.15) is 31.1 Å². The van der Waals surface area contributed by atoms with E-state index >= 15 is 0 Å². The summed E-state index contributed by atoms with van der Waals surface area (Å²) in [6.07, 6.45) is -0.989. The summed E-state index contributed by atoms with van der Waals surface area (Å²) in [6, 6.07) is 7.09. The SMILES string of the molecule is CC(C)(C)OC(O)COc1ccc(C(=O)CS2(I)CCOCC2)cc1. The lowest BCUT2D eigenvalue weighted by atomic mass is 10.1. The maximum absolute atomic E-state index is 12.5. The lowest BCUT2D eigenvalue weighted by Crippen LogP contribution is -2.31. The molecule has 0 amide bonds. The third-order valence-electron chi connectivity index (χ3n) is 3.64. The molecule has 0 bridgehead atoms. The van der Waals surface area contributed by atoms with Gasteiger partial charge in [0.05, 0.1) is 18.8 Å². The van der Waals surface area contributed by atoms with E-state index in [9.17, 15) is 9.90 Å². The van der Waals surface area contributed by atoms with Gasteiger partial charge in [-0.1, -0.05) is 0 Å². The number of hydrogen-bond acceptors (Lipinski definition) is 5. The zero-order valence-electron chi connectivity index (χ0n) is 15.0. The van der Waals surface area contributed by atoms with Gasteiger partial charge in [-0.25, -0.2) is 0 Å². The minimum absolute atomic E-state index is 0.0472. The molecule has 142 valence electrons. The van der Waals surface area contributed by atoms with Crippen LogP contribution in [0.5, 0.6) is 5.75 Å². The van der Waals surface area contributed by atoms with Crippen molar-refractivity contribution in [2.45, 2.75) is 32.7 Å². The zero-order chi connectivity index (χ0) is 18.5. The van der Waals surface area contributed by atoms with Crippen LogP contribution >= 0.6 is 28.4 Å². The molecule has 25 heavy (non-hydrogen) atoms. The van der Waals surface area contributed by atoms with Crippen molar-refractivity contribution >= 4 is 34.2 Å². The Labute approximate surface area is 163 Å². The molecular weight excluding hydrogens is 455 g/mol. The molecule has 7 heteroatoms. The fraction of sp³-hybridized carbons (Fsp3) is 0.611. The van der Waals surface area contributed by atoms with E-state index in [2.05, 4.69) is 21.2 Å². The number of carbonyl (C=O) groups excluding carboxylic acids is 1. The average molecular weight is 482 g/mol. The summed E-state index contributed by atoms with van der Waals surface area (Å²) >= 11 is 2.49. The number of aliphatic hydroxyl groups is 1. The van der Waals surface area contributed by atoms with Crippen molar-refractivity contribution in [3.05, 3.63) is 29.8 Å². The van der Waals surface area contributed by atoms with Gasteiger partial charge < -0.3 is 19.3 Å². The largest absolute Gasteiger partial charge is 0.488 e. The second kappa shape index (κ2) is 9.03.